The number of rotatable bonds is 7. The van der Waals surface area contributed by atoms with Crippen molar-refractivity contribution in [2.75, 3.05) is 6.61 Å². The molecular formula is C28H29N5O2S. The highest BCUT2D eigenvalue weighted by Crippen LogP contribution is 2.33. The first-order valence-corrected chi connectivity index (χ1v) is 13.0. The maximum absolute atomic E-state index is 12.9. The number of aliphatic imine (C=N–C) groups is 1. The number of carbonyl (C=O) groups is 1. The van der Waals surface area contributed by atoms with Crippen molar-refractivity contribution < 1.29 is 9.53 Å². The molecule has 2 aliphatic rings. The number of aromatic nitrogens is 1. The molecule has 0 bridgehead atoms. The van der Waals surface area contributed by atoms with E-state index in [1.54, 1.807) is 6.08 Å². The van der Waals surface area contributed by atoms with E-state index in [4.69, 9.17) is 10.1 Å². The zero-order chi connectivity index (χ0) is 25.4. The van der Waals surface area contributed by atoms with Crippen molar-refractivity contribution in [1.82, 2.24) is 9.58 Å². The number of ether oxygens (including phenoxy) is 1. The molecule has 0 spiro atoms. The van der Waals surface area contributed by atoms with Gasteiger partial charge in [0.25, 0.3) is 5.91 Å². The van der Waals surface area contributed by atoms with Crippen LogP contribution in [-0.4, -0.2) is 38.1 Å². The molecule has 7 nitrogen and oxygen atoms in total. The molecule has 1 amide bonds. The van der Waals surface area contributed by atoms with E-state index in [2.05, 4.69) is 53.6 Å². The van der Waals surface area contributed by atoms with Gasteiger partial charge in [-0.1, -0.05) is 42.8 Å². The third-order valence-electron chi connectivity index (χ3n) is 6.43. The van der Waals surface area contributed by atoms with Crippen LogP contribution in [0.3, 0.4) is 0 Å². The minimum atomic E-state index is -0.402. The maximum Gasteiger partial charge on any atom is 0.283 e. The molecule has 2 aromatic carbocycles. The number of aryl methyl sites for hydroxylation is 2. The number of fused-ring (bicyclic) bond motifs is 2. The largest absolute Gasteiger partial charge is 0.491 e. The second-order valence-corrected chi connectivity index (χ2v) is 10.1. The van der Waals surface area contributed by atoms with Crippen molar-refractivity contribution in [2.24, 2.45) is 10.1 Å². The molecule has 0 saturated heterocycles. The van der Waals surface area contributed by atoms with Crippen molar-refractivity contribution in [3.05, 3.63) is 70.4 Å². The lowest BCUT2D eigenvalue weighted by atomic mass is 10.1. The Morgan fingerprint density at radius 3 is 2.72 bits per heavy atom. The van der Waals surface area contributed by atoms with Crippen LogP contribution < -0.4 is 4.74 Å². The third-order valence-corrected chi connectivity index (χ3v) is 7.40. The summed E-state index contributed by atoms with van der Waals surface area (Å²) >= 11 is 1.37. The number of hydrazone groups is 1. The van der Waals surface area contributed by atoms with E-state index in [0.717, 1.165) is 51.4 Å². The first kappa shape index (κ1) is 24.1. The van der Waals surface area contributed by atoms with Crippen LogP contribution in [0.2, 0.25) is 0 Å². The first-order chi connectivity index (χ1) is 17.4. The summed E-state index contributed by atoms with van der Waals surface area (Å²) in [5.41, 5.74) is 5.56. The minimum absolute atomic E-state index is 0.0676. The molecule has 0 fully saturated rings. The van der Waals surface area contributed by atoms with Crippen LogP contribution in [0, 0.1) is 26.2 Å². The van der Waals surface area contributed by atoms with E-state index in [9.17, 15) is 4.79 Å². The molecule has 2 aliphatic heterocycles. The van der Waals surface area contributed by atoms with Gasteiger partial charge in [-0.2, -0.15) is 15.1 Å². The molecule has 0 radical (unpaired) electrons. The molecule has 0 saturated carbocycles. The fourth-order valence-corrected chi connectivity index (χ4v) is 5.61. The van der Waals surface area contributed by atoms with Crippen molar-refractivity contribution in [3.8, 4) is 5.75 Å². The number of carbonyl (C=O) groups excluding carboxylic acids is 1. The number of benzene rings is 2. The Hall–Kier alpha value is -3.65. The lowest BCUT2D eigenvalue weighted by Crippen LogP contribution is -2.35. The Kier molecular flexibility index (Phi) is 6.53. The number of thioether (sulfide) groups is 1. The SMILES string of the molecule is CCCC1=NN2C(=N)C(=Cc3c(C)n(CCOc4ccc(C)cc4C)c4ccccc34)C(=O)N=C2S1. The summed E-state index contributed by atoms with van der Waals surface area (Å²) < 4.78 is 8.31. The Morgan fingerprint density at radius 1 is 1.14 bits per heavy atom. The zero-order valence-corrected chi connectivity index (χ0v) is 21.8. The minimum Gasteiger partial charge on any atom is -0.491 e. The molecule has 3 heterocycles. The first-order valence-electron chi connectivity index (χ1n) is 12.1. The second kappa shape index (κ2) is 9.78. The highest BCUT2D eigenvalue weighted by Gasteiger charge is 2.35. The van der Waals surface area contributed by atoms with Crippen molar-refractivity contribution in [1.29, 1.82) is 5.41 Å². The van der Waals surface area contributed by atoms with Crippen molar-refractivity contribution >= 4 is 50.7 Å². The summed E-state index contributed by atoms with van der Waals surface area (Å²) in [4.78, 5) is 17.2. The summed E-state index contributed by atoms with van der Waals surface area (Å²) in [6, 6.07) is 14.3. The van der Waals surface area contributed by atoms with Crippen LogP contribution in [0.15, 0.2) is 58.1 Å². The number of para-hydroxylation sites is 1. The van der Waals surface area contributed by atoms with E-state index in [1.165, 1.54) is 22.3 Å². The molecule has 184 valence electrons. The van der Waals surface area contributed by atoms with Gasteiger partial charge >= 0.3 is 0 Å². The van der Waals surface area contributed by atoms with Crippen LogP contribution in [0.25, 0.3) is 17.0 Å². The highest BCUT2D eigenvalue weighted by molar-refractivity contribution is 8.26. The van der Waals surface area contributed by atoms with Gasteiger partial charge in [0.15, 0.2) is 5.84 Å². The topological polar surface area (TPSA) is 83.0 Å². The van der Waals surface area contributed by atoms with Crippen LogP contribution in [0.5, 0.6) is 5.75 Å². The summed E-state index contributed by atoms with van der Waals surface area (Å²) in [5, 5.41) is 17.1. The number of hydrogen-bond acceptors (Lipinski definition) is 5. The summed E-state index contributed by atoms with van der Waals surface area (Å²) in [5.74, 6) is 0.553. The van der Waals surface area contributed by atoms with Crippen LogP contribution in [0.1, 0.15) is 42.1 Å². The van der Waals surface area contributed by atoms with Gasteiger partial charge < -0.3 is 9.30 Å². The van der Waals surface area contributed by atoms with E-state index in [1.807, 2.05) is 31.2 Å². The van der Waals surface area contributed by atoms with Crippen LogP contribution >= 0.6 is 11.8 Å². The van der Waals surface area contributed by atoms with Gasteiger partial charge in [-0.3, -0.25) is 10.2 Å². The molecule has 5 rings (SSSR count). The third kappa shape index (κ3) is 4.37. The Labute approximate surface area is 215 Å². The van der Waals surface area contributed by atoms with Crippen molar-refractivity contribution in [2.45, 2.75) is 47.1 Å². The standard InChI is InChI=1S/C28H29N5O2S/c1-5-8-25-31-33-26(29)22(27(34)30-28(33)36-25)16-21-19(4)32(23-10-7-6-9-20(21)23)13-14-35-24-12-11-17(2)15-18(24)3/h6-7,9-12,15-16,29H,5,8,13-14H2,1-4H3. The lowest BCUT2D eigenvalue weighted by Gasteiger charge is -2.20. The summed E-state index contributed by atoms with van der Waals surface area (Å²) in [6.07, 6.45) is 3.54. The molecule has 3 aromatic rings. The lowest BCUT2D eigenvalue weighted by molar-refractivity contribution is -0.114. The molecule has 8 heteroatoms. The molecule has 1 N–H and O–H groups in total. The molecule has 0 unspecified atom stereocenters. The molecule has 1 aromatic heterocycles. The molecular weight excluding hydrogens is 470 g/mol. The molecule has 36 heavy (non-hydrogen) atoms. The normalized spacial score (nSPS) is 16.6. The van der Waals surface area contributed by atoms with Gasteiger partial charge in [0.05, 0.1) is 12.1 Å². The predicted molar refractivity (Wildman–Crippen MR) is 148 cm³/mol. The molecule has 0 aliphatic carbocycles. The van der Waals surface area contributed by atoms with Gasteiger partial charge in [-0.25, -0.2) is 0 Å². The predicted octanol–water partition coefficient (Wildman–Crippen LogP) is 6.06. The average molecular weight is 500 g/mol. The summed E-state index contributed by atoms with van der Waals surface area (Å²) in [6.45, 7) is 9.42. The second-order valence-electron chi connectivity index (χ2n) is 9.05. The van der Waals surface area contributed by atoms with Crippen molar-refractivity contribution in [3.63, 3.8) is 0 Å². The van der Waals surface area contributed by atoms with E-state index in [-0.39, 0.29) is 11.4 Å². The van der Waals surface area contributed by atoms with E-state index < -0.39 is 5.91 Å². The number of amides is 1. The Morgan fingerprint density at radius 2 is 1.94 bits per heavy atom. The number of nitrogens with zero attached hydrogens (tertiary/aromatic N) is 4. The van der Waals surface area contributed by atoms with Crippen LogP contribution in [-0.2, 0) is 11.3 Å². The number of nitrogens with one attached hydrogen (secondary N) is 1. The van der Waals surface area contributed by atoms with Gasteiger partial charge in [0, 0.05) is 22.2 Å². The van der Waals surface area contributed by atoms with Crippen LogP contribution in [0.4, 0.5) is 0 Å². The average Bonchev–Trinajstić information content (AvgIpc) is 3.37. The van der Waals surface area contributed by atoms with Gasteiger partial charge in [0.1, 0.15) is 17.4 Å². The number of amidine groups is 2. The van der Waals surface area contributed by atoms with Gasteiger partial charge in [0.2, 0.25) is 5.17 Å². The maximum atomic E-state index is 12.9. The Balaban J connectivity index is 1.46. The Bertz CT molecular complexity index is 1480. The quantitative estimate of drug-likeness (QED) is 0.400. The fraction of sp³-hybridized carbons (Fsp3) is 0.286. The number of hydrogen-bond donors (Lipinski definition) is 1. The molecule has 0 atom stereocenters. The smallest absolute Gasteiger partial charge is 0.283 e. The fourth-order valence-electron chi connectivity index (χ4n) is 4.63. The van der Waals surface area contributed by atoms with E-state index >= 15 is 0 Å². The van der Waals surface area contributed by atoms with Gasteiger partial charge in [-0.15, -0.1) is 0 Å². The monoisotopic (exact) mass is 499 g/mol. The van der Waals surface area contributed by atoms with E-state index in [0.29, 0.717) is 18.3 Å². The summed E-state index contributed by atoms with van der Waals surface area (Å²) in [7, 11) is 0. The highest BCUT2D eigenvalue weighted by atomic mass is 32.2. The zero-order valence-electron chi connectivity index (χ0n) is 21.0. The van der Waals surface area contributed by atoms with Gasteiger partial charge in [-0.05, 0) is 69.1 Å².